The van der Waals surface area contributed by atoms with Gasteiger partial charge in [0.05, 0.1) is 37.0 Å². The van der Waals surface area contributed by atoms with E-state index in [0.717, 1.165) is 22.9 Å². The van der Waals surface area contributed by atoms with E-state index in [1.54, 1.807) is 6.07 Å². The standard InChI is InChI=1S/C30H30F3N3O11S/c31-14-3-1-2-12(6-14)17-8-36(35-34-17)22-23(39)19(9-37)46-29(25(22)41)48-30-26(42)27(24(40)20(10-38)47-30)44-11-13-7-15-18(45-28(13)43)5-4-16(32)21(15)33/h1-8,19-20,22-27,29-30,37-42H,9-11H2/t19?,20-,22?,23+,24?,25+,26-,27?,29+,30?/m1/s1. The van der Waals surface area contributed by atoms with Crippen LogP contribution < -0.4 is 5.63 Å². The minimum absolute atomic E-state index is 0.211. The predicted molar refractivity (Wildman–Crippen MR) is 159 cm³/mol. The number of aromatic nitrogens is 3. The number of fused-ring (bicyclic) bond motifs is 1. The fourth-order valence-corrected chi connectivity index (χ4v) is 6.96. The monoisotopic (exact) mass is 697 g/mol. The van der Waals surface area contributed by atoms with Crippen LogP contribution in [0.1, 0.15) is 11.6 Å². The van der Waals surface area contributed by atoms with Crippen molar-refractivity contribution < 1.29 is 62.4 Å². The molecule has 0 amide bonds. The van der Waals surface area contributed by atoms with Crippen LogP contribution >= 0.6 is 11.8 Å². The normalized spacial score (nSPS) is 30.9. The lowest BCUT2D eigenvalue weighted by Crippen LogP contribution is -2.60. The van der Waals surface area contributed by atoms with Crippen molar-refractivity contribution in [3.8, 4) is 11.3 Å². The number of ether oxygens (including phenoxy) is 3. The molecule has 6 N–H and O–H groups in total. The molecule has 14 nitrogen and oxygen atoms in total. The summed E-state index contributed by atoms with van der Waals surface area (Å²) in [6.07, 6.45) is -9.19. The Balaban J connectivity index is 1.21. The minimum Gasteiger partial charge on any atom is -0.422 e. The molecule has 2 fully saturated rings. The Morgan fingerprint density at radius 1 is 0.896 bits per heavy atom. The summed E-state index contributed by atoms with van der Waals surface area (Å²) >= 11 is 0.686. The van der Waals surface area contributed by atoms with E-state index in [1.165, 1.54) is 24.4 Å². The lowest BCUT2D eigenvalue weighted by Gasteiger charge is -2.46. The van der Waals surface area contributed by atoms with Crippen LogP contribution in [0, 0.1) is 17.5 Å². The second-order valence-corrected chi connectivity index (χ2v) is 12.4. The Kier molecular flexibility index (Phi) is 10.2. The van der Waals surface area contributed by atoms with E-state index in [9.17, 15) is 48.6 Å². The van der Waals surface area contributed by atoms with Gasteiger partial charge >= 0.3 is 5.63 Å². The van der Waals surface area contributed by atoms with Gasteiger partial charge in [-0.15, -0.1) is 5.10 Å². The summed E-state index contributed by atoms with van der Waals surface area (Å²) < 4.78 is 65.2. The summed E-state index contributed by atoms with van der Waals surface area (Å²) in [6, 6.07) is 7.16. The van der Waals surface area contributed by atoms with Gasteiger partial charge in [-0.05, 0) is 30.3 Å². The van der Waals surface area contributed by atoms with Crippen molar-refractivity contribution >= 4 is 22.7 Å². The van der Waals surface area contributed by atoms with Gasteiger partial charge in [-0.3, -0.25) is 0 Å². The summed E-state index contributed by atoms with van der Waals surface area (Å²) in [6.45, 7) is -2.07. The van der Waals surface area contributed by atoms with Gasteiger partial charge in [0.2, 0.25) is 0 Å². The minimum atomic E-state index is -1.70. The summed E-state index contributed by atoms with van der Waals surface area (Å²) in [5.74, 6) is -2.95. The summed E-state index contributed by atoms with van der Waals surface area (Å²) in [5.41, 5.74) is -3.51. The third kappa shape index (κ3) is 6.60. The summed E-state index contributed by atoms with van der Waals surface area (Å²) in [4.78, 5) is 12.5. The highest BCUT2D eigenvalue weighted by molar-refractivity contribution is 8.00. The topological polar surface area (TPSA) is 210 Å². The van der Waals surface area contributed by atoms with Crippen molar-refractivity contribution in [1.82, 2.24) is 15.0 Å². The smallest absolute Gasteiger partial charge is 0.341 e. The molecule has 0 aliphatic carbocycles. The highest BCUT2D eigenvalue weighted by Gasteiger charge is 2.51. The number of nitrogens with zero attached hydrogens (tertiary/aromatic N) is 3. The molecule has 18 heteroatoms. The first-order valence-electron chi connectivity index (χ1n) is 14.6. The van der Waals surface area contributed by atoms with Crippen LogP contribution in [0.4, 0.5) is 13.2 Å². The van der Waals surface area contributed by atoms with E-state index < -0.39 is 103 Å². The van der Waals surface area contributed by atoms with Gasteiger partial charge in [0, 0.05) is 5.56 Å². The first-order valence-corrected chi connectivity index (χ1v) is 15.6. The van der Waals surface area contributed by atoms with Crippen molar-refractivity contribution in [2.75, 3.05) is 13.2 Å². The van der Waals surface area contributed by atoms with E-state index >= 15 is 0 Å². The molecule has 48 heavy (non-hydrogen) atoms. The molecule has 10 atom stereocenters. The van der Waals surface area contributed by atoms with Gasteiger partial charge in [-0.25, -0.2) is 22.6 Å². The maximum absolute atomic E-state index is 14.3. The number of hydrogen-bond acceptors (Lipinski definition) is 14. The first-order chi connectivity index (χ1) is 23.0. The summed E-state index contributed by atoms with van der Waals surface area (Å²) in [5, 5.41) is 71.8. The molecule has 5 unspecified atom stereocenters. The highest BCUT2D eigenvalue weighted by Crippen LogP contribution is 2.40. The second-order valence-electron chi connectivity index (χ2n) is 11.2. The van der Waals surface area contributed by atoms with Crippen LogP contribution in [0.15, 0.2) is 57.9 Å². The van der Waals surface area contributed by atoms with Crippen molar-refractivity contribution in [3.63, 3.8) is 0 Å². The van der Waals surface area contributed by atoms with Crippen molar-refractivity contribution in [3.05, 3.63) is 82.1 Å². The van der Waals surface area contributed by atoms with Crippen LogP contribution in [-0.4, -0.2) is 112 Å². The van der Waals surface area contributed by atoms with Crippen molar-refractivity contribution in [1.29, 1.82) is 0 Å². The van der Waals surface area contributed by atoms with Gasteiger partial charge in [-0.1, -0.05) is 29.1 Å². The molecule has 4 aromatic rings. The molecule has 2 aromatic heterocycles. The Morgan fingerprint density at radius 2 is 1.60 bits per heavy atom. The number of aliphatic hydroxyl groups is 6. The molecule has 0 bridgehead atoms. The fourth-order valence-electron chi connectivity index (χ4n) is 5.65. The van der Waals surface area contributed by atoms with Gasteiger partial charge < -0.3 is 49.3 Å². The van der Waals surface area contributed by atoms with Gasteiger partial charge in [0.25, 0.3) is 0 Å². The average Bonchev–Trinajstić information content (AvgIpc) is 3.55. The van der Waals surface area contributed by atoms with Crippen LogP contribution in [0.5, 0.6) is 0 Å². The van der Waals surface area contributed by atoms with E-state index in [-0.39, 0.29) is 22.2 Å². The van der Waals surface area contributed by atoms with Gasteiger partial charge in [-0.2, -0.15) is 0 Å². The molecule has 2 aromatic carbocycles. The molecule has 2 aliphatic heterocycles. The Labute approximate surface area is 272 Å². The average molecular weight is 698 g/mol. The molecule has 2 aliphatic rings. The maximum atomic E-state index is 14.3. The third-order valence-corrected chi connectivity index (χ3v) is 9.50. The third-order valence-electron chi connectivity index (χ3n) is 8.18. The number of hydrogen-bond donors (Lipinski definition) is 6. The van der Waals surface area contributed by atoms with Gasteiger partial charge in [0.15, 0.2) is 11.6 Å². The zero-order valence-electron chi connectivity index (χ0n) is 24.6. The SMILES string of the molecule is O=c1oc2ccc(F)c(F)c2cc1COC1C(O)[C@@H](CO)OC(S[C@@H]2OC(CO)[C@H](O)C(n3cc(-c4cccc(F)c4)nn3)[C@@H]2O)[C@@H]1O. The van der Waals surface area contributed by atoms with Crippen LogP contribution in [0.2, 0.25) is 0 Å². The van der Waals surface area contributed by atoms with Crippen LogP contribution in [-0.2, 0) is 20.8 Å². The highest BCUT2D eigenvalue weighted by atomic mass is 32.2. The number of aliphatic hydroxyl groups excluding tert-OH is 6. The zero-order chi connectivity index (χ0) is 34.3. The molecule has 2 saturated heterocycles. The van der Waals surface area contributed by atoms with E-state index in [2.05, 4.69) is 10.3 Å². The van der Waals surface area contributed by atoms with Crippen molar-refractivity contribution in [2.45, 2.75) is 66.2 Å². The second kappa shape index (κ2) is 14.2. The largest absolute Gasteiger partial charge is 0.422 e. The maximum Gasteiger partial charge on any atom is 0.341 e. The molecular formula is C30H30F3N3O11S. The molecule has 4 heterocycles. The van der Waals surface area contributed by atoms with E-state index in [4.69, 9.17) is 18.6 Å². The number of benzene rings is 2. The number of thioether (sulfide) groups is 1. The Bertz CT molecular complexity index is 1810. The van der Waals surface area contributed by atoms with E-state index in [1.807, 2.05) is 0 Å². The Morgan fingerprint density at radius 3 is 2.31 bits per heavy atom. The summed E-state index contributed by atoms with van der Waals surface area (Å²) in [7, 11) is 0. The van der Waals surface area contributed by atoms with Gasteiger partial charge in [0.1, 0.15) is 76.7 Å². The van der Waals surface area contributed by atoms with Crippen molar-refractivity contribution in [2.24, 2.45) is 0 Å². The lowest BCUT2D eigenvalue weighted by atomic mass is 9.97. The Hall–Kier alpha value is -3.43. The molecular weight excluding hydrogens is 667 g/mol. The van der Waals surface area contributed by atoms with Crippen LogP contribution in [0.25, 0.3) is 22.2 Å². The molecule has 6 rings (SSSR count). The predicted octanol–water partition coefficient (Wildman–Crippen LogP) is 0.206. The molecule has 0 saturated carbocycles. The number of rotatable bonds is 9. The van der Waals surface area contributed by atoms with E-state index in [0.29, 0.717) is 17.3 Å². The lowest BCUT2D eigenvalue weighted by molar-refractivity contribution is -0.225. The fraction of sp³-hybridized carbons (Fsp3) is 0.433. The van der Waals surface area contributed by atoms with Crippen LogP contribution in [0.3, 0.4) is 0 Å². The zero-order valence-corrected chi connectivity index (χ0v) is 25.4. The quantitative estimate of drug-likeness (QED) is 0.129. The number of halogens is 3. The first kappa shape index (κ1) is 34.4. The molecule has 0 radical (unpaired) electrons. The molecule has 0 spiro atoms. The molecule has 258 valence electrons.